The first kappa shape index (κ1) is 26.5. The molecule has 1 atom stereocenters. The van der Waals surface area contributed by atoms with Gasteiger partial charge in [0, 0.05) is 30.0 Å². The maximum atomic E-state index is 12.0. The van der Waals surface area contributed by atoms with Gasteiger partial charge in [0.15, 0.2) is 0 Å². The number of esters is 1. The van der Waals surface area contributed by atoms with E-state index in [0.29, 0.717) is 57.5 Å². The van der Waals surface area contributed by atoms with E-state index in [1.165, 1.54) is 18.9 Å². The number of thioether (sulfide) groups is 1. The first-order valence-electron chi connectivity index (χ1n) is 11.5. The molecule has 0 spiro atoms. The second-order valence-electron chi connectivity index (χ2n) is 8.39. The molecule has 2 aromatic heterocycles. The Bertz CT molecular complexity index is 1360. The van der Waals surface area contributed by atoms with Crippen LogP contribution < -0.4 is 4.90 Å². The lowest BCUT2D eigenvalue weighted by molar-refractivity contribution is -0.138. The van der Waals surface area contributed by atoms with Crippen molar-refractivity contribution in [3.63, 3.8) is 0 Å². The predicted octanol–water partition coefficient (Wildman–Crippen LogP) is 5.61. The zero-order valence-corrected chi connectivity index (χ0v) is 21.9. The molecule has 4 rings (SSSR count). The van der Waals surface area contributed by atoms with Crippen LogP contribution in [0.5, 0.6) is 0 Å². The summed E-state index contributed by atoms with van der Waals surface area (Å²) in [6, 6.07) is 9.46. The molecule has 1 aliphatic rings. The van der Waals surface area contributed by atoms with Crippen molar-refractivity contribution >= 4 is 40.8 Å². The Morgan fingerprint density at radius 1 is 1.38 bits per heavy atom. The van der Waals surface area contributed by atoms with Crippen molar-refractivity contribution < 1.29 is 18.7 Å². The minimum atomic E-state index is -0.460. The van der Waals surface area contributed by atoms with Crippen LogP contribution >= 0.6 is 23.4 Å². The Morgan fingerprint density at radius 2 is 2.16 bits per heavy atom. The number of aromatic nitrogens is 2. The second kappa shape index (κ2) is 12.1. The maximum absolute atomic E-state index is 12.0. The summed E-state index contributed by atoms with van der Waals surface area (Å²) in [4.78, 5) is 26.5. The van der Waals surface area contributed by atoms with Gasteiger partial charge in [-0.3, -0.25) is 4.79 Å². The summed E-state index contributed by atoms with van der Waals surface area (Å²) in [6.07, 6.45) is 3.19. The number of benzene rings is 1. The third-order valence-corrected chi connectivity index (χ3v) is 7.17. The molecular formula is C26H24ClN5O4S. The molecule has 0 bridgehead atoms. The zero-order valence-electron chi connectivity index (χ0n) is 20.4. The summed E-state index contributed by atoms with van der Waals surface area (Å²) in [5, 5.41) is 11.2. The third kappa shape index (κ3) is 6.05. The Kier molecular flexibility index (Phi) is 8.67. The molecule has 1 aliphatic heterocycles. The molecular weight excluding hydrogens is 514 g/mol. The first-order valence-corrected chi connectivity index (χ1v) is 12.9. The van der Waals surface area contributed by atoms with Gasteiger partial charge in [0.25, 0.3) is 0 Å². The van der Waals surface area contributed by atoms with Crippen LogP contribution in [-0.2, 0) is 20.0 Å². The van der Waals surface area contributed by atoms with Crippen LogP contribution in [0, 0.1) is 17.9 Å². The Hall–Kier alpha value is -3.57. The van der Waals surface area contributed by atoms with Gasteiger partial charge in [0.05, 0.1) is 31.5 Å². The summed E-state index contributed by atoms with van der Waals surface area (Å²) < 4.78 is 16.1. The SMILES string of the molecule is [C-]#[N+]c1c(N(C)CC(=O)OC)nc(SCc2coc(-c3ccc(Cl)cc3)n2)c(C#N)c1C1CCCOC1. The van der Waals surface area contributed by atoms with Crippen LogP contribution in [0.3, 0.4) is 0 Å². The van der Waals surface area contributed by atoms with Gasteiger partial charge >= 0.3 is 5.97 Å². The second-order valence-corrected chi connectivity index (χ2v) is 9.79. The van der Waals surface area contributed by atoms with Gasteiger partial charge in [-0.05, 0) is 48.6 Å². The number of oxazole rings is 1. The van der Waals surface area contributed by atoms with E-state index < -0.39 is 5.97 Å². The highest BCUT2D eigenvalue weighted by atomic mass is 35.5. The van der Waals surface area contributed by atoms with Crippen molar-refractivity contribution in [3.8, 4) is 17.5 Å². The van der Waals surface area contributed by atoms with Crippen molar-refractivity contribution in [2.45, 2.75) is 29.5 Å². The van der Waals surface area contributed by atoms with Crippen LogP contribution in [0.15, 0.2) is 40.0 Å². The molecule has 3 aromatic rings. The highest BCUT2D eigenvalue weighted by molar-refractivity contribution is 7.98. The molecule has 1 fully saturated rings. The molecule has 37 heavy (non-hydrogen) atoms. The molecule has 1 aromatic carbocycles. The van der Waals surface area contributed by atoms with E-state index >= 15 is 0 Å². The van der Waals surface area contributed by atoms with Crippen molar-refractivity contribution in [1.82, 2.24) is 9.97 Å². The number of pyridine rings is 1. The van der Waals surface area contributed by atoms with Gasteiger partial charge in [0.2, 0.25) is 11.6 Å². The highest BCUT2D eigenvalue weighted by Crippen LogP contribution is 2.44. The molecule has 0 radical (unpaired) electrons. The van der Waals surface area contributed by atoms with Gasteiger partial charge in [0.1, 0.15) is 29.7 Å². The summed E-state index contributed by atoms with van der Waals surface area (Å²) in [6.45, 7) is 8.87. The van der Waals surface area contributed by atoms with E-state index in [1.54, 1.807) is 30.3 Å². The molecule has 3 heterocycles. The van der Waals surface area contributed by atoms with Crippen LogP contribution in [0.4, 0.5) is 11.5 Å². The monoisotopic (exact) mass is 537 g/mol. The smallest absolute Gasteiger partial charge is 0.325 e. The van der Waals surface area contributed by atoms with E-state index in [2.05, 4.69) is 20.9 Å². The van der Waals surface area contributed by atoms with Gasteiger partial charge < -0.3 is 18.8 Å². The molecule has 9 nitrogen and oxygen atoms in total. The number of carbonyl (C=O) groups is 1. The van der Waals surface area contributed by atoms with E-state index in [9.17, 15) is 10.1 Å². The summed E-state index contributed by atoms with van der Waals surface area (Å²) in [7, 11) is 2.98. The average molecular weight is 538 g/mol. The number of ether oxygens (including phenoxy) is 2. The van der Waals surface area contributed by atoms with Crippen LogP contribution in [-0.4, -0.2) is 49.9 Å². The van der Waals surface area contributed by atoms with Gasteiger partial charge in [-0.25, -0.2) is 14.8 Å². The molecule has 190 valence electrons. The van der Waals surface area contributed by atoms with Gasteiger partial charge in [-0.15, -0.1) is 0 Å². The van der Waals surface area contributed by atoms with Gasteiger partial charge in [-0.1, -0.05) is 23.4 Å². The first-order chi connectivity index (χ1) is 17.9. The van der Waals surface area contributed by atoms with Crippen LogP contribution in [0.25, 0.3) is 16.3 Å². The van der Waals surface area contributed by atoms with Crippen molar-refractivity contribution in [3.05, 3.63) is 63.8 Å². The number of rotatable bonds is 8. The molecule has 1 saturated heterocycles. The molecule has 0 amide bonds. The number of likely N-dealkylation sites (N-methyl/N-ethyl adjacent to an activating group) is 1. The molecule has 1 unspecified atom stereocenters. The number of nitrogens with zero attached hydrogens (tertiary/aromatic N) is 5. The zero-order chi connectivity index (χ0) is 26.4. The number of anilines is 1. The van der Waals surface area contributed by atoms with Crippen molar-refractivity contribution in [2.75, 3.05) is 38.8 Å². The Morgan fingerprint density at radius 3 is 2.81 bits per heavy atom. The quantitative estimate of drug-likeness (QED) is 0.206. The van der Waals surface area contributed by atoms with Crippen molar-refractivity contribution in [1.29, 1.82) is 5.26 Å². The summed E-state index contributed by atoms with van der Waals surface area (Å²) in [5.41, 5.74) is 2.69. The fourth-order valence-electron chi connectivity index (χ4n) is 4.09. The third-order valence-electron chi connectivity index (χ3n) is 5.90. The number of hydrogen-bond acceptors (Lipinski definition) is 9. The van der Waals surface area contributed by atoms with Crippen LogP contribution in [0.2, 0.25) is 5.02 Å². The maximum Gasteiger partial charge on any atom is 0.325 e. The minimum absolute atomic E-state index is 0.0869. The largest absolute Gasteiger partial charge is 0.468 e. The summed E-state index contributed by atoms with van der Waals surface area (Å²) in [5.74, 6) is 0.589. The minimum Gasteiger partial charge on any atom is -0.468 e. The van der Waals surface area contributed by atoms with E-state index in [4.69, 9.17) is 32.1 Å². The molecule has 0 saturated carbocycles. The lowest BCUT2D eigenvalue weighted by atomic mass is 9.89. The van der Waals surface area contributed by atoms with E-state index in [-0.39, 0.29) is 18.2 Å². The molecule has 0 aliphatic carbocycles. The standard InChI is InChI=1S/C26H24ClN5O4S/c1-29-23-22(17-5-4-10-35-13-17)20(11-28)26(31-24(23)32(2)12-21(33)34-3)37-15-19-14-36-25(30-19)16-6-8-18(27)9-7-16/h6-9,14,17H,4-5,10,12-13,15H2,2-3H3. The topological polar surface area (TPSA) is 106 Å². The molecule has 11 heteroatoms. The van der Waals surface area contributed by atoms with E-state index in [1.807, 2.05) is 12.1 Å². The van der Waals surface area contributed by atoms with E-state index in [0.717, 1.165) is 18.4 Å². The lowest BCUT2D eigenvalue weighted by Gasteiger charge is -2.28. The number of hydrogen-bond donors (Lipinski definition) is 0. The van der Waals surface area contributed by atoms with Crippen LogP contribution in [0.1, 0.15) is 35.6 Å². The highest BCUT2D eigenvalue weighted by Gasteiger charge is 2.30. The lowest BCUT2D eigenvalue weighted by Crippen LogP contribution is -2.28. The number of nitriles is 1. The summed E-state index contributed by atoms with van der Waals surface area (Å²) >= 11 is 7.29. The number of methoxy groups -OCH3 is 1. The fraction of sp³-hybridized carbons (Fsp3) is 0.346. The number of halogens is 1. The normalized spacial score (nSPS) is 15.0. The fourth-order valence-corrected chi connectivity index (χ4v) is 5.08. The predicted molar refractivity (Wildman–Crippen MR) is 140 cm³/mol. The van der Waals surface area contributed by atoms with Gasteiger partial charge in [-0.2, -0.15) is 5.26 Å². The van der Waals surface area contributed by atoms with Crippen molar-refractivity contribution in [2.24, 2.45) is 0 Å². The Labute approximate surface area is 224 Å². The number of carbonyl (C=O) groups excluding carboxylic acids is 1. The average Bonchev–Trinajstić information content (AvgIpc) is 3.40. The Balaban J connectivity index is 1.70. The molecule has 0 N–H and O–H groups in total.